The first-order valence-electron chi connectivity index (χ1n) is 6.32. The topological polar surface area (TPSA) is 52.7 Å². The zero-order chi connectivity index (χ0) is 12.4. The summed E-state index contributed by atoms with van der Waals surface area (Å²) in [6, 6.07) is 0.405. The number of hydrogen-bond acceptors (Lipinski definition) is 3. The van der Waals surface area contributed by atoms with Gasteiger partial charge in [-0.15, -0.1) is 12.4 Å². The van der Waals surface area contributed by atoms with Crippen molar-refractivity contribution >= 4 is 24.2 Å². The van der Waals surface area contributed by atoms with Crippen molar-refractivity contribution in [1.29, 1.82) is 0 Å². The average molecular weight is 276 g/mol. The third-order valence-corrected chi connectivity index (χ3v) is 3.83. The molecule has 0 spiro atoms. The first-order valence-corrected chi connectivity index (χ1v) is 6.32. The number of carbonyl (C=O) groups is 2. The van der Waals surface area contributed by atoms with Crippen molar-refractivity contribution in [3.8, 4) is 0 Å². The van der Waals surface area contributed by atoms with Gasteiger partial charge in [0.1, 0.15) is 0 Å². The summed E-state index contributed by atoms with van der Waals surface area (Å²) in [7, 11) is 3.70. The molecule has 2 heterocycles. The van der Waals surface area contributed by atoms with Crippen molar-refractivity contribution in [3.05, 3.63) is 0 Å². The minimum absolute atomic E-state index is 0. The number of likely N-dealkylation sites (tertiary alicyclic amines) is 2. The fourth-order valence-corrected chi connectivity index (χ4v) is 2.70. The maximum atomic E-state index is 12.3. The highest BCUT2D eigenvalue weighted by Crippen LogP contribution is 2.21. The van der Waals surface area contributed by atoms with Crippen molar-refractivity contribution in [3.63, 3.8) is 0 Å². The smallest absolute Gasteiger partial charge is 0.228 e. The molecule has 18 heavy (non-hydrogen) atoms. The van der Waals surface area contributed by atoms with Gasteiger partial charge in [0, 0.05) is 39.1 Å². The number of amides is 2. The van der Waals surface area contributed by atoms with Gasteiger partial charge in [-0.2, -0.15) is 0 Å². The molecule has 0 saturated carbocycles. The van der Waals surface area contributed by atoms with Crippen LogP contribution in [0, 0.1) is 5.92 Å². The summed E-state index contributed by atoms with van der Waals surface area (Å²) in [4.78, 5) is 27.3. The molecule has 5 nitrogen and oxygen atoms in total. The van der Waals surface area contributed by atoms with Gasteiger partial charge in [0.25, 0.3) is 0 Å². The van der Waals surface area contributed by atoms with Crippen LogP contribution in [0.3, 0.4) is 0 Å². The summed E-state index contributed by atoms with van der Waals surface area (Å²) in [6.45, 7) is 2.20. The van der Waals surface area contributed by atoms with E-state index in [-0.39, 0.29) is 30.1 Å². The Kier molecular flexibility index (Phi) is 5.41. The molecule has 0 bridgehead atoms. The first kappa shape index (κ1) is 15.2. The van der Waals surface area contributed by atoms with E-state index in [9.17, 15) is 9.59 Å². The number of nitrogens with one attached hydrogen (secondary N) is 1. The molecule has 2 amide bonds. The summed E-state index contributed by atoms with van der Waals surface area (Å²) in [5, 5.41) is 3.23. The second-order valence-corrected chi connectivity index (χ2v) is 5.09. The van der Waals surface area contributed by atoms with E-state index in [1.54, 1.807) is 11.9 Å². The highest BCUT2D eigenvalue weighted by Gasteiger charge is 2.35. The van der Waals surface area contributed by atoms with Gasteiger partial charge in [0.05, 0.1) is 5.92 Å². The number of carbonyl (C=O) groups excluding carboxylic acids is 2. The van der Waals surface area contributed by atoms with Gasteiger partial charge in [-0.3, -0.25) is 9.59 Å². The van der Waals surface area contributed by atoms with E-state index in [1.807, 2.05) is 11.9 Å². The molecule has 0 aromatic carbocycles. The third kappa shape index (κ3) is 3.14. The predicted molar refractivity (Wildman–Crippen MR) is 71.7 cm³/mol. The Morgan fingerprint density at radius 1 is 1.39 bits per heavy atom. The normalized spacial score (nSPS) is 28.2. The van der Waals surface area contributed by atoms with E-state index in [2.05, 4.69) is 5.32 Å². The van der Waals surface area contributed by atoms with Gasteiger partial charge in [-0.05, 0) is 19.9 Å². The molecule has 2 aliphatic heterocycles. The van der Waals surface area contributed by atoms with Crippen LogP contribution in [-0.4, -0.2) is 61.4 Å². The molecule has 0 aliphatic carbocycles. The van der Waals surface area contributed by atoms with E-state index in [0.29, 0.717) is 19.0 Å². The zero-order valence-electron chi connectivity index (χ0n) is 11.0. The van der Waals surface area contributed by atoms with Crippen LogP contribution in [-0.2, 0) is 9.59 Å². The van der Waals surface area contributed by atoms with Crippen molar-refractivity contribution < 1.29 is 9.59 Å². The largest absolute Gasteiger partial charge is 0.345 e. The van der Waals surface area contributed by atoms with E-state index < -0.39 is 0 Å². The van der Waals surface area contributed by atoms with Gasteiger partial charge in [-0.1, -0.05) is 0 Å². The van der Waals surface area contributed by atoms with Crippen LogP contribution >= 0.6 is 12.4 Å². The lowest BCUT2D eigenvalue weighted by atomic mass is 10.0. The highest BCUT2D eigenvalue weighted by molar-refractivity contribution is 5.89. The molecule has 0 aromatic rings. The maximum Gasteiger partial charge on any atom is 0.228 e. The summed E-state index contributed by atoms with van der Waals surface area (Å²) >= 11 is 0. The Balaban J connectivity index is 0.00000162. The zero-order valence-corrected chi connectivity index (χ0v) is 11.8. The fourth-order valence-electron chi connectivity index (χ4n) is 2.70. The van der Waals surface area contributed by atoms with E-state index >= 15 is 0 Å². The van der Waals surface area contributed by atoms with Crippen molar-refractivity contribution in [2.75, 3.05) is 33.7 Å². The number of nitrogens with zero attached hydrogens (tertiary/aromatic N) is 2. The Morgan fingerprint density at radius 3 is 2.67 bits per heavy atom. The molecule has 1 N–H and O–H groups in total. The van der Waals surface area contributed by atoms with E-state index in [1.165, 1.54) is 0 Å². The average Bonchev–Trinajstić information content (AvgIpc) is 2.69. The quantitative estimate of drug-likeness (QED) is 0.778. The molecule has 2 unspecified atom stereocenters. The monoisotopic (exact) mass is 275 g/mol. The van der Waals surface area contributed by atoms with E-state index in [0.717, 1.165) is 25.9 Å². The Labute approximate surface area is 114 Å². The van der Waals surface area contributed by atoms with Gasteiger partial charge in [0.2, 0.25) is 11.8 Å². The number of piperidine rings is 1. The molecule has 2 rings (SSSR count). The molecule has 0 radical (unpaired) electrons. The summed E-state index contributed by atoms with van der Waals surface area (Å²) < 4.78 is 0. The number of halogens is 1. The van der Waals surface area contributed by atoms with Crippen molar-refractivity contribution in [2.24, 2.45) is 5.92 Å². The minimum atomic E-state index is -0.122. The second kappa shape index (κ2) is 6.38. The predicted octanol–water partition coefficient (Wildman–Crippen LogP) is 0.0969. The standard InChI is InChI=1S/C12H21N3O2.ClH/c1-13-10-4-3-5-15(8-10)12(17)9-6-11(16)14(2)7-9;/h9-10,13H,3-8H2,1-2H3;1H. The van der Waals surface area contributed by atoms with E-state index in [4.69, 9.17) is 0 Å². The van der Waals surface area contributed by atoms with Crippen LogP contribution in [0.4, 0.5) is 0 Å². The minimum Gasteiger partial charge on any atom is -0.345 e. The summed E-state index contributed by atoms with van der Waals surface area (Å²) in [5.41, 5.74) is 0. The third-order valence-electron chi connectivity index (χ3n) is 3.83. The fraction of sp³-hybridized carbons (Fsp3) is 0.833. The van der Waals surface area contributed by atoms with Crippen molar-refractivity contribution in [2.45, 2.75) is 25.3 Å². The molecule has 2 atom stereocenters. The van der Waals surface area contributed by atoms with Crippen LogP contribution in [0.2, 0.25) is 0 Å². The molecular formula is C12H22ClN3O2. The lowest BCUT2D eigenvalue weighted by molar-refractivity contribution is -0.137. The van der Waals surface area contributed by atoms with Gasteiger partial charge in [-0.25, -0.2) is 0 Å². The SMILES string of the molecule is CNC1CCCN(C(=O)C2CC(=O)N(C)C2)C1.Cl. The van der Waals surface area contributed by atoms with Gasteiger partial charge < -0.3 is 15.1 Å². The Hall–Kier alpha value is -0.810. The molecule has 2 fully saturated rings. The number of hydrogen-bond donors (Lipinski definition) is 1. The summed E-state index contributed by atoms with van der Waals surface area (Å²) in [6.07, 6.45) is 2.56. The molecular weight excluding hydrogens is 254 g/mol. The summed E-state index contributed by atoms with van der Waals surface area (Å²) in [5.74, 6) is 0.122. The highest BCUT2D eigenvalue weighted by atomic mass is 35.5. The van der Waals surface area contributed by atoms with Crippen LogP contribution in [0.25, 0.3) is 0 Å². The molecule has 2 saturated heterocycles. The molecule has 6 heteroatoms. The Morgan fingerprint density at radius 2 is 2.11 bits per heavy atom. The van der Waals surface area contributed by atoms with Gasteiger partial charge in [0.15, 0.2) is 0 Å². The van der Waals surface area contributed by atoms with Crippen LogP contribution in [0.1, 0.15) is 19.3 Å². The maximum absolute atomic E-state index is 12.3. The lowest BCUT2D eigenvalue weighted by Gasteiger charge is -2.34. The lowest BCUT2D eigenvalue weighted by Crippen LogP contribution is -2.49. The second-order valence-electron chi connectivity index (χ2n) is 5.09. The number of rotatable bonds is 2. The first-order chi connectivity index (χ1) is 8.11. The molecule has 0 aromatic heterocycles. The molecule has 2 aliphatic rings. The number of likely N-dealkylation sites (N-methyl/N-ethyl adjacent to an activating group) is 1. The Bertz CT molecular complexity index is 324. The van der Waals surface area contributed by atoms with Crippen LogP contribution in [0.5, 0.6) is 0 Å². The molecule has 104 valence electrons. The van der Waals surface area contributed by atoms with Crippen LogP contribution < -0.4 is 5.32 Å². The van der Waals surface area contributed by atoms with Gasteiger partial charge >= 0.3 is 0 Å². The van der Waals surface area contributed by atoms with Crippen LogP contribution in [0.15, 0.2) is 0 Å². The van der Waals surface area contributed by atoms with Crippen molar-refractivity contribution in [1.82, 2.24) is 15.1 Å².